The van der Waals surface area contributed by atoms with Crippen molar-refractivity contribution in [3.8, 4) is 23.0 Å². The molecule has 1 aliphatic heterocycles. The van der Waals surface area contributed by atoms with Crippen molar-refractivity contribution >= 4 is 12.4 Å². The Labute approximate surface area is 140 Å². The van der Waals surface area contributed by atoms with Crippen LogP contribution in [-0.2, 0) is 25.8 Å². The van der Waals surface area contributed by atoms with Crippen molar-refractivity contribution in [3.05, 3.63) is 46.5 Å². The maximum Gasteiger partial charge on any atom is 0.162 e. The highest BCUT2D eigenvalue weighted by atomic mass is 35.5. The number of halogens is 1. The molecule has 0 aliphatic carbocycles. The molecule has 0 atom stereocenters. The summed E-state index contributed by atoms with van der Waals surface area (Å²) in [4.78, 5) is 0. The first-order valence-corrected chi connectivity index (χ1v) is 7.33. The zero-order chi connectivity index (χ0) is 15.7. The Kier molecular flexibility index (Phi) is 5.23. The first-order chi connectivity index (χ1) is 10.6. The highest BCUT2D eigenvalue weighted by Crippen LogP contribution is 2.34. The van der Waals surface area contributed by atoms with E-state index < -0.39 is 0 Å². The molecule has 2 aromatic carbocycles. The van der Waals surface area contributed by atoms with Gasteiger partial charge in [0.15, 0.2) is 23.0 Å². The standard InChI is InChI=1S/C17H19NO4.ClH/c19-14-4-3-10-1-2-11-7-15(20)16(21)8-12(11)5-6-18-9-13(10)17(14)22;/h3-4,7-8,18-22H,1-2,5-6,9H2;1H. The molecule has 0 fully saturated rings. The summed E-state index contributed by atoms with van der Waals surface area (Å²) < 4.78 is 0. The smallest absolute Gasteiger partial charge is 0.162 e. The molecule has 6 heteroatoms. The molecule has 0 saturated carbocycles. The largest absolute Gasteiger partial charge is 0.504 e. The third-order valence-electron chi connectivity index (χ3n) is 4.19. The van der Waals surface area contributed by atoms with Gasteiger partial charge in [-0.05, 0) is 60.7 Å². The van der Waals surface area contributed by atoms with Crippen molar-refractivity contribution in [1.29, 1.82) is 0 Å². The summed E-state index contributed by atoms with van der Waals surface area (Å²) in [6.07, 6.45) is 2.10. The van der Waals surface area contributed by atoms with Gasteiger partial charge in [-0.25, -0.2) is 0 Å². The van der Waals surface area contributed by atoms with Crippen molar-refractivity contribution in [1.82, 2.24) is 5.32 Å². The van der Waals surface area contributed by atoms with Gasteiger partial charge in [-0.2, -0.15) is 0 Å². The average Bonchev–Trinajstić information content (AvgIpc) is 2.50. The van der Waals surface area contributed by atoms with E-state index in [4.69, 9.17) is 0 Å². The normalized spacial score (nSPS) is 14.3. The van der Waals surface area contributed by atoms with E-state index in [1.165, 1.54) is 6.07 Å². The molecule has 0 spiro atoms. The van der Waals surface area contributed by atoms with E-state index in [1.54, 1.807) is 12.1 Å². The molecule has 0 saturated heterocycles. The van der Waals surface area contributed by atoms with Gasteiger partial charge >= 0.3 is 0 Å². The molecule has 0 unspecified atom stereocenters. The maximum atomic E-state index is 10.0. The first-order valence-electron chi connectivity index (χ1n) is 7.33. The Morgan fingerprint density at radius 2 is 1.35 bits per heavy atom. The first kappa shape index (κ1) is 17.2. The number of fused-ring (bicyclic) bond motifs is 2. The summed E-state index contributed by atoms with van der Waals surface area (Å²) in [6, 6.07) is 6.53. The van der Waals surface area contributed by atoms with Crippen LogP contribution in [0.3, 0.4) is 0 Å². The Morgan fingerprint density at radius 1 is 0.739 bits per heavy atom. The molecule has 1 heterocycles. The van der Waals surface area contributed by atoms with E-state index in [9.17, 15) is 20.4 Å². The maximum absolute atomic E-state index is 10.0. The summed E-state index contributed by atoms with van der Waals surface area (Å²) in [5, 5.41) is 42.3. The second kappa shape index (κ2) is 6.98. The average molecular weight is 338 g/mol. The Morgan fingerprint density at radius 3 is 2.04 bits per heavy atom. The third-order valence-corrected chi connectivity index (χ3v) is 4.19. The minimum atomic E-state index is -0.113. The monoisotopic (exact) mass is 337 g/mol. The fourth-order valence-electron chi connectivity index (χ4n) is 2.93. The number of aryl methyl sites for hydroxylation is 2. The van der Waals surface area contributed by atoms with E-state index in [2.05, 4.69) is 5.32 Å². The molecule has 1 aliphatic rings. The van der Waals surface area contributed by atoms with Gasteiger partial charge in [0, 0.05) is 12.1 Å². The quantitative estimate of drug-likeness (QED) is 0.476. The number of phenols is 4. The molecule has 0 amide bonds. The van der Waals surface area contributed by atoms with Crippen LogP contribution < -0.4 is 5.32 Å². The van der Waals surface area contributed by atoms with Crippen LogP contribution in [0.4, 0.5) is 0 Å². The third kappa shape index (κ3) is 3.46. The van der Waals surface area contributed by atoms with E-state index >= 15 is 0 Å². The van der Waals surface area contributed by atoms with Crippen LogP contribution in [-0.4, -0.2) is 27.0 Å². The van der Waals surface area contributed by atoms with Gasteiger partial charge < -0.3 is 25.7 Å². The lowest BCUT2D eigenvalue weighted by Crippen LogP contribution is -2.20. The highest BCUT2D eigenvalue weighted by Gasteiger charge is 2.15. The zero-order valence-corrected chi connectivity index (χ0v) is 13.4. The van der Waals surface area contributed by atoms with Crippen LogP contribution in [0.1, 0.15) is 22.3 Å². The highest BCUT2D eigenvalue weighted by molar-refractivity contribution is 5.85. The van der Waals surface area contributed by atoms with Gasteiger partial charge in [0.2, 0.25) is 0 Å². The summed E-state index contributed by atoms with van der Waals surface area (Å²) >= 11 is 0. The second-order valence-electron chi connectivity index (χ2n) is 5.61. The van der Waals surface area contributed by atoms with Crippen molar-refractivity contribution < 1.29 is 20.4 Å². The van der Waals surface area contributed by atoms with E-state index in [0.717, 1.165) is 23.1 Å². The number of benzene rings is 2. The molecule has 124 valence electrons. The van der Waals surface area contributed by atoms with Crippen LogP contribution in [0.15, 0.2) is 24.3 Å². The minimum absolute atomic E-state index is 0. The Bertz CT molecular complexity index is 716. The lowest BCUT2D eigenvalue weighted by molar-refractivity contribution is 0.396. The molecular formula is C17H20ClNO4. The predicted octanol–water partition coefficient (Wildman–Crippen LogP) is 2.36. The van der Waals surface area contributed by atoms with E-state index in [0.29, 0.717) is 31.5 Å². The van der Waals surface area contributed by atoms with Gasteiger partial charge in [0.1, 0.15) is 0 Å². The van der Waals surface area contributed by atoms with Crippen LogP contribution in [0.5, 0.6) is 23.0 Å². The van der Waals surface area contributed by atoms with Crippen molar-refractivity contribution in [2.45, 2.75) is 25.8 Å². The molecular weight excluding hydrogens is 318 g/mol. The molecule has 0 aromatic heterocycles. The molecule has 0 bridgehead atoms. The SMILES string of the molecule is Cl.Oc1cc2c(cc1O)CCc1ccc(O)c(O)c1CNCC2. The Balaban J connectivity index is 0.00000192. The Hall–Kier alpha value is -2.11. The summed E-state index contributed by atoms with van der Waals surface area (Å²) in [5.74, 6) is -0.392. The molecule has 23 heavy (non-hydrogen) atoms. The number of hydrogen-bond donors (Lipinski definition) is 5. The number of aromatic hydroxyl groups is 4. The summed E-state index contributed by atoms with van der Waals surface area (Å²) in [7, 11) is 0. The van der Waals surface area contributed by atoms with Gasteiger partial charge in [0.05, 0.1) is 0 Å². The van der Waals surface area contributed by atoms with E-state index in [-0.39, 0.29) is 35.4 Å². The number of nitrogens with one attached hydrogen (secondary N) is 1. The minimum Gasteiger partial charge on any atom is -0.504 e. The molecule has 5 nitrogen and oxygen atoms in total. The lowest BCUT2D eigenvalue weighted by Gasteiger charge is -2.18. The van der Waals surface area contributed by atoms with Crippen LogP contribution in [0.2, 0.25) is 0 Å². The number of rotatable bonds is 0. The van der Waals surface area contributed by atoms with Gasteiger partial charge in [-0.1, -0.05) is 6.07 Å². The molecule has 0 radical (unpaired) electrons. The lowest BCUT2D eigenvalue weighted by atomic mass is 9.93. The summed E-state index contributed by atoms with van der Waals surface area (Å²) in [6.45, 7) is 1.15. The van der Waals surface area contributed by atoms with E-state index in [1.807, 2.05) is 6.07 Å². The van der Waals surface area contributed by atoms with Gasteiger partial charge in [-0.3, -0.25) is 0 Å². The summed E-state index contributed by atoms with van der Waals surface area (Å²) in [5.41, 5.74) is 3.67. The topological polar surface area (TPSA) is 93.0 Å². The zero-order valence-electron chi connectivity index (χ0n) is 12.5. The fraction of sp³-hybridized carbons (Fsp3) is 0.294. The van der Waals surface area contributed by atoms with Crippen molar-refractivity contribution in [3.63, 3.8) is 0 Å². The van der Waals surface area contributed by atoms with Crippen LogP contribution >= 0.6 is 12.4 Å². The number of phenolic OH excluding ortho intramolecular Hbond substituents is 4. The van der Waals surface area contributed by atoms with Gasteiger partial charge in [0.25, 0.3) is 0 Å². The predicted molar refractivity (Wildman–Crippen MR) is 89.6 cm³/mol. The van der Waals surface area contributed by atoms with Gasteiger partial charge in [-0.15, -0.1) is 12.4 Å². The molecule has 3 rings (SSSR count). The molecule has 5 N–H and O–H groups in total. The number of hydrogen-bond acceptors (Lipinski definition) is 5. The molecule has 2 aromatic rings. The fourth-order valence-corrected chi connectivity index (χ4v) is 2.93. The van der Waals surface area contributed by atoms with Crippen LogP contribution in [0.25, 0.3) is 0 Å². The van der Waals surface area contributed by atoms with Crippen molar-refractivity contribution in [2.75, 3.05) is 6.54 Å². The second-order valence-corrected chi connectivity index (χ2v) is 5.61. The van der Waals surface area contributed by atoms with Crippen LogP contribution in [0, 0.1) is 0 Å². The van der Waals surface area contributed by atoms with Crippen molar-refractivity contribution in [2.24, 2.45) is 0 Å².